The van der Waals surface area contributed by atoms with Gasteiger partial charge in [-0.25, -0.2) is 13.1 Å². The minimum atomic E-state index is -3.68. The number of nitrogens with zero attached hydrogens (tertiary/aromatic N) is 1. The molecule has 29 heavy (non-hydrogen) atoms. The second-order valence-electron chi connectivity index (χ2n) is 7.06. The Balaban J connectivity index is 1.89. The van der Waals surface area contributed by atoms with Crippen LogP contribution < -0.4 is 4.72 Å². The molecule has 3 aromatic rings. The maximum atomic E-state index is 13.3. The van der Waals surface area contributed by atoms with Gasteiger partial charge in [-0.05, 0) is 63.2 Å². The van der Waals surface area contributed by atoms with Crippen molar-refractivity contribution in [2.24, 2.45) is 0 Å². The summed E-state index contributed by atoms with van der Waals surface area (Å²) < 4.78 is 32.9. The largest absolute Gasteiger partial charge is 0.467 e. The fraction of sp³-hybridized carbons (Fsp3) is 0.286. The Morgan fingerprint density at radius 3 is 2.55 bits per heavy atom. The summed E-state index contributed by atoms with van der Waals surface area (Å²) in [5, 5.41) is 0. The zero-order valence-electron chi connectivity index (χ0n) is 16.6. The molecular weight excluding hydrogens is 408 g/mol. The molecule has 0 unspecified atom stereocenters. The third-order valence-corrected chi connectivity index (χ3v) is 6.78. The van der Waals surface area contributed by atoms with Gasteiger partial charge in [0.05, 0.1) is 24.2 Å². The number of amides is 1. The predicted molar refractivity (Wildman–Crippen MR) is 113 cm³/mol. The Labute approximate surface area is 175 Å². The van der Waals surface area contributed by atoms with Crippen molar-refractivity contribution in [1.29, 1.82) is 0 Å². The van der Waals surface area contributed by atoms with E-state index in [1.165, 1.54) is 17.0 Å². The number of furan rings is 1. The first-order chi connectivity index (χ1) is 13.7. The first-order valence-corrected chi connectivity index (χ1v) is 11.5. The monoisotopic (exact) mass is 432 g/mol. The first-order valence-electron chi connectivity index (χ1n) is 9.24. The zero-order chi connectivity index (χ0) is 21.0. The van der Waals surface area contributed by atoms with Crippen LogP contribution in [-0.2, 0) is 23.1 Å². The molecule has 0 aliphatic rings. The van der Waals surface area contributed by atoms with Crippen LogP contribution >= 0.6 is 11.3 Å². The van der Waals surface area contributed by atoms with Gasteiger partial charge >= 0.3 is 0 Å². The van der Waals surface area contributed by atoms with Crippen molar-refractivity contribution in [1.82, 2.24) is 9.62 Å². The number of carbonyl (C=O) groups excluding carboxylic acids is 1. The van der Waals surface area contributed by atoms with Gasteiger partial charge in [-0.3, -0.25) is 4.79 Å². The molecule has 2 heterocycles. The molecule has 1 aromatic carbocycles. The number of aryl methyl sites for hydroxylation is 1. The number of rotatable bonds is 8. The lowest BCUT2D eigenvalue weighted by molar-refractivity contribution is 0.0719. The summed E-state index contributed by atoms with van der Waals surface area (Å²) in [6.07, 6.45) is 1.57. The molecule has 0 saturated carbocycles. The molecule has 8 heteroatoms. The minimum absolute atomic E-state index is 0.0713. The van der Waals surface area contributed by atoms with Gasteiger partial charge in [0.15, 0.2) is 0 Å². The number of benzene rings is 1. The Morgan fingerprint density at radius 2 is 1.93 bits per heavy atom. The molecule has 1 amide bonds. The summed E-state index contributed by atoms with van der Waals surface area (Å²) >= 11 is 1.63. The number of hydrogen-bond acceptors (Lipinski definition) is 5. The van der Waals surface area contributed by atoms with E-state index in [1.807, 2.05) is 25.1 Å². The third kappa shape index (κ3) is 5.56. The van der Waals surface area contributed by atoms with E-state index in [2.05, 4.69) is 4.72 Å². The van der Waals surface area contributed by atoms with E-state index < -0.39 is 10.0 Å². The van der Waals surface area contributed by atoms with Gasteiger partial charge in [0, 0.05) is 21.4 Å². The van der Waals surface area contributed by atoms with Crippen LogP contribution in [0.1, 0.15) is 39.7 Å². The van der Waals surface area contributed by atoms with E-state index in [4.69, 9.17) is 4.42 Å². The molecule has 0 radical (unpaired) electrons. The summed E-state index contributed by atoms with van der Waals surface area (Å²) in [4.78, 5) is 17.2. The van der Waals surface area contributed by atoms with E-state index in [9.17, 15) is 13.2 Å². The maximum absolute atomic E-state index is 13.3. The number of carbonyl (C=O) groups is 1. The number of hydrogen-bond donors (Lipinski definition) is 1. The van der Waals surface area contributed by atoms with E-state index in [0.29, 0.717) is 24.4 Å². The summed E-state index contributed by atoms with van der Waals surface area (Å²) in [5.41, 5.74) is 0.316. The SMILES string of the molecule is Cc1ccc(CN(Cc2ccco2)C(=O)c2cccc(S(=O)(=O)NC(C)C)c2)s1. The standard InChI is InChI=1S/C21H24N2O4S2/c1-15(2)22-29(25,26)20-8-4-6-17(12-20)21(24)23(13-18-7-5-11-27-18)14-19-10-9-16(3)28-19/h4-12,15,22H,13-14H2,1-3H3. The Bertz CT molecular complexity index is 1070. The summed E-state index contributed by atoms with van der Waals surface area (Å²) in [5.74, 6) is 0.408. The van der Waals surface area contributed by atoms with Gasteiger partial charge in [-0.2, -0.15) is 0 Å². The lowest BCUT2D eigenvalue weighted by atomic mass is 10.2. The highest BCUT2D eigenvalue weighted by Gasteiger charge is 2.22. The van der Waals surface area contributed by atoms with Crippen molar-refractivity contribution >= 4 is 27.3 Å². The van der Waals surface area contributed by atoms with Crippen LogP contribution in [0.15, 0.2) is 64.1 Å². The molecule has 0 atom stereocenters. The highest BCUT2D eigenvalue weighted by atomic mass is 32.2. The van der Waals surface area contributed by atoms with Crippen molar-refractivity contribution in [2.45, 2.75) is 44.8 Å². The topological polar surface area (TPSA) is 79.6 Å². The normalized spacial score (nSPS) is 11.7. The Morgan fingerprint density at radius 1 is 1.14 bits per heavy atom. The smallest absolute Gasteiger partial charge is 0.254 e. The highest BCUT2D eigenvalue weighted by molar-refractivity contribution is 7.89. The van der Waals surface area contributed by atoms with Gasteiger partial charge in [0.2, 0.25) is 10.0 Å². The predicted octanol–water partition coefficient (Wildman–Crippen LogP) is 4.18. The lowest BCUT2D eigenvalue weighted by Gasteiger charge is -2.21. The molecule has 0 bridgehead atoms. The average molecular weight is 433 g/mol. The molecule has 0 fully saturated rings. The molecule has 0 aliphatic heterocycles. The van der Waals surface area contributed by atoms with Gasteiger partial charge < -0.3 is 9.32 Å². The van der Waals surface area contributed by atoms with Crippen molar-refractivity contribution in [3.05, 3.63) is 75.9 Å². The summed E-state index contributed by atoms with van der Waals surface area (Å²) in [6, 6.07) is 13.5. The number of nitrogens with one attached hydrogen (secondary N) is 1. The average Bonchev–Trinajstić information content (AvgIpc) is 3.31. The van der Waals surface area contributed by atoms with Crippen molar-refractivity contribution < 1.29 is 17.6 Å². The zero-order valence-corrected chi connectivity index (χ0v) is 18.2. The lowest BCUT2D eigenvalue weighted by Crippen LogP contribution is -2.31. The van der Waals surface area contributed by atoms with Crippen molar-refractivity contribution in [3.63, 3.8) is 0 Å². The molecule has 1 N–H and O–H groups in total. The van der Waals surface area contributed by atoms with Crippen LogP contribution in [-0.4, -0.2) is 25.3 Å². The second-order valence-corrected chi connectivity index (χ2v) is 10.1. The number of thiophene rings is 1. The van der Waals surface area contributed by atoms with Gasteiger partial charge in [0.1, 0.15) is 5.76 Å². The van der Waals surface area contributed by atoms with Crippen LogP contribution in [0.5, 0.6) is 0 Å². The number of sulfonamides is 1. The van der Waals surface area contributed by atoms with Crippen LogP contribution in [0.2, 0.25) is 0 Å². The summed E-state index contributed by atoms with van der Waals surface area (Å²) in [7, 11) is -3.68. The van der Waals surface area contributed by atoms with E-state index in [0.717, 1.165) is 4.88 Å². The fourth-order valence-corrected chi connectivity index (χ4v) is 5.11. The van der Waals surface area contributed by atoms with E-state index in [-0.39, 0.29) is 16.8 Å². The molecule has 0 aliphatic carbocycles. The highest BCUT2D eigenvalue weighted by Crippen LogP contribution is 2.21. The molecule has 3 rings (SSSR count). The third-order valence-electron chi connectivity index (χ3n) is 4.14. The van der Waals surface area contributed by atoms with Gasteiger partial charge in [-0.15, -0.1) is 11.3 Å². The molecule has 2 aromatic heterocycles. The maximum Gasteiger partial charge on any atom is 0.254 e. The second kappa shape index (κ2) is 8.94. The first kappa shape index (κ1) is 21.3. The van der Waals surface area contributed by atoms with Gasteiger partial charge in [0.25, 0.3) is 5.91 Å². The van der Waals surface area contributed by atoms with Crippen LogP contribution in [0.3, 0.4) is 0 Å². The van der Waals surface area contributed by atoms with Gasteiger partial charge in [-0.1, -0.05) is 6.07 Å². The fourth-order valence-electron chi connectivity index (χ4n) is 2.91. The van der Waals surface area contributed by atoms with Crippen molar-refractivity contribution in [2.75, 3.05) is 0 Å². The Kier molecular flexibility index (Phi) is 6.56. The Hall–Kier alpha value is -2.42. The molecular formula is C21H24N2O4S2. The molecule has 0 spiro atoms. The quantitative estimate of drug-likeness (QED) is 0.579. The van der Waals surface area contributed by atoms with E-state index in [1.54, 1.807) is 54.5 Å². The van der Waals surface area contributed by atoms with Crippen LogP contribution in [0.4, 0.5) is 0 Å². The van der Waals surface area contributed by atoms with Crippen molar-refractivity contribution in [3.8, 4) is 0 Å². The van der Waals surface area contributed by atoms with Crippen LogP contribution in [0, 0.1) is 6.92 Å². The van der Waals surface area contributed by atoms with E-state index >= 15 is 0 Å². The molecule has 6 nitrogen and oxygen atoms in total. The summed E-state index contributed by atoms with van der Waals surface area (Å²) in [6.45, 7) is 6.23. The van der Waals surface area contributed by atoms with Crippen LogP contribution in [0.25, 0.3) is 0 Å². The molecule has 0 saturated heterocycles. The minimum Gasteiger partial charge on any atom is -0.467 e. The molecule has 154 valence electrons.